The van der Waals surface area contributed by atoms with Crippen molar-refractivity contribution in [3.8, 4) is 17.3 Å². The summed E-state index contributed by atoms with van der Waals surface area (Å²) in [5.41, 5.74) is 2.16. The van der Waals surface area contributed by atoms with Gasteiger partial charge in [-0.05, 0) is 12.1 Å². The van der Waals surface area contributed by atoms with Gasteiger partial charge in [-0.2, -0.15) is 0 Å². The fourth-order valence-electron chi connectivity index (χ4n) is 3.69. The first-order valence-electron chi connectivity index (χ1n) is 10.8. The molecule has 4 aromatic rings. The number of nitrogens with zero attached hydrogens (tertiary/aromatic N) is 7. The number of aromatic nitrogens is 5. The maximum absolute atomic E-state index is 10.9. The highest BCUT2D eigenvalue weighted by Gasteiger charge is 2.21. The molecule has 0 radical (unpaired) electrons. The summed E-state index contributed by atoms with van der Waals surface area (Å²) >= 11 is 1.66. The van der Waals surface area contributed by atoms with Gasteiger partial charge in [-0.25, -0.2) is 24.9 Å². The van der Waals surface area contributed by atoms with Crippen molar-refractivity contribution in [2.75, 3.05) is 50.3 Å². The van der Waals surface area contributed by atoms with Gasteiger partial charge in [0.2, 0.25) is 11.8 Å². The highest BCUT2D eigenvalue weighted by Crippen LogP contribution is 2.35. The fourth-order valence-corrected chi connectivity index (χ4v) is 4.85. The zero-order valence-corrected chi connectivity index (χ0v) is 19.7. The van der Waals surface area contributed by atoms with Crippen molar-refractivity contribution in [1.82, 2.24) is 24.9 Å². The van der Waals surface area contributed by atoms with Crippen molar-refractivity contribution in [3.63, 3.8) is 0 Å². The van der Waals surface area contributed by atoms with E-state index in [4.69, 9.17) is 19.4 Å². The Labute approximate surface area is 200 Å². The van der Waals surface area contributed by atoms with E-state index in [2.05, 4.69) is 25.9 Å². The predicted octanol–water partition coefficient (Wildman–Crippen LogP) is 2.84. The van der Waals surface area contributed by atoms with Crippen LogP contribution in [0.15, 0.2) is 36.8 Å². The SMILES string of the molecule is COc1ccc(-c2nc(N3CCOCC3)c3sc(CN(C)c4ncc(C=O)cn4)cc3n2)cn1. The van der Waals surface area contributed by atoms with Crippen LogP contribution < -0.4 is 14.5 Å². The van der Waals surface area contributed by atoms with Crippen LogP contribution in [0.5, 0.6) is 5.88 Å². The number of morpholine rings is 1. The predicted molar refractivity (Wildman–Crippen MR) is 130 cm³/mol. The van der Waals surface area contributed by atoms with E-state index in [1.165, 1.54) is 12.4 Å². The molecule has 4 aromatic heterocycles. The highest BCUT2D eigenvalue weighted by molar-refractivity contribution is 7.19. The van der Waals surface area contributed by atoms with E-state index in [-0.39, 0.29) is 0 Å². The standard InChI is InChI=1S/C23H23N7O3S/c1-29(23-25-10-15(14-31)11-26-23)13-17-9-18-20(34-17)22(30-5-7-33-8-6-30)28-21(27-18)16-3-4-19(32-2)24-12-16/h3-4,9-12,14H,5-8,13H2,1-2H3. The molecule has 5 heterocycles. The smallest absolute Gasteiger partial charge is 0.225 e. The zero-order chi connectivity index (χ0) is 23.5. The molecule has 0 unspecified atom stereocenters. The van der Waals surface area contributed by atoms with Crippen LogP contribution in [0.1, 0.15) is 15.2 Å². The number of ether oxygens (including phenoxy) is 2. The molecule has 0 aliphatic carbocycles. The van der Waals surface area contributed by atoms with E-state index in [1.54, 1.807) is 30.7 Å². The molecule has 0 atom stereocenters. The van der Waals surface area contributed by atoms with Gasteiger partial charge >= 0.3 is 0 Å². The lowest BCUT2D eigenvalue weighted by Crippen LogP contribution is -2.36. The quantitative estimate of drug-likeness (QED) is 0.369. The summed E-state index contributed by atoms with van der Waals surface area (Å²) in [6.07, 6.45) is 5.50. The fraction of sp³-hybridized carbons (Fsp3) is 0.304. The average Bonchev–Trinajstić information content (AvgIpc) is 3.31. The van der Waals surface area contributed by atoms with Gasteiger partial charge in [-0.1, -0.05) is 0 Å². The monoisotopic (exact) mass is 477 g/mol. The number of aldehydes is 1. The Hall–Kier alpha value is -3.70. The van der Waals surface area contributed by atoms with Crippen LogP contribution in [-0.4, -0.2) is 71.7 Å². The van der Waals surface area contributed by atoms with Crippen LogP contribution in [0.25, 0.3) is 21.6 Å². The van der Waals surface area contributed by atoms with Crippen molar-refractivity contribution in [1.29, 1.82) is 0 Å². The summed E-state index contributed by atoms with van der Waals surface area (Å²) in [5, 5.41) is 0. The highest BCUT2D eigenvalue weighted by atomic mass is 32.1. The molecule has 0 amide bonds. The minimum absolute atomic E-state index is 0.449. The Kier molecular flexibility index (Phi) is 6.28. The zero-order valence-electron chi connectivity index (χ0n) is 18.8. The van der Waals surface area contributed by atoms with Crippen LogP contribution in [0.4, 0.5) is 11.8 Å². The summed E-state index contributed by atoms with van der Waals surface area (Å²) in [6.45, 7) is 3.48. The second-order valence-corrected chi connectivity index (χ2v) is 8.91. The number of thiophene rings is 1. The topological polar surface area (TPSA) is 106 Å². The molecule has 11 heteroatoms. The first kappa shape index (κ1) is 22.1. The lowest BCUT2D eigenvalue weighted by atomic mass is 10.2. The molecule has 0 N–H and O–H groups in total. The van der Waals surface area contributed by atoms with Crippen molar-refractivity contribution in [3.05, 3.63) is 47.2 Å². The first-order chi connectivity index (χ1) is 16.6. The maximum atomic E-state index is 10.9. The minimum atomic E-state index is 0.449. The van der Waals surface area contributed by atoms with E-state index < -0.39 is 0 Å². The molecule has 1 fully saturated rings. The van der Waals surface area contributed by atoms with Gasteiger partial charge in [0.15, 0.2) is 17.9 Å². The van der Waals surface area contributed by atoms with Crippen molar-refractivity contribution in [2.45, 2.75) is 6.54 Å². The molecule has 34 heavy (non-hydrogen) atoms. The lowest BCUT2D eigenvalue weighted by Gasteiger charge is -2.28. The number of hydrogen-bond acceptors (Lipinski definition) is 11. The Morgan fingerprint density at radius 2 is 1.94 bits per heavy atom. The maximum Gasteiger partial charge on any atom is 0.225 e. The number of carbonyl (C=O) groups is 1. The molecular formula is C23H23N7O3S. The third-order valence-corrected chi connectivity index (χ3v) is 6.55. The van der Waals surface area contributed by atoms with E-state index >= 15 is 0 Å². The van der Waals surface area contributed by atoms with Crippen molar-refractivity contribution < 1.29 is 14.3 Å². The first-order valence-corrected chi connectivity index (χ1v) is 11.6. The van der Waals surface area contributed by atoms with E-state index in [0.29, 0.717) is 43.0 Å². The second-order valence-electron chi connectivity index (χ2n) is 7.78. The lowest BCUT2D eigenvalue weighted by molar-refractivity contribution is 0.112. The van der Waals surface area contributed by atoms with Crippen LogP contribution >= 0.6 is 11.3 Å². The van der Waals surface area contributed by atoms with Gasteiger partial charge in [-0.3, -0.25) is 4.79 Å². The van der Waals surface area contributed by atoms with Crippen LogP contribution in [-0.2, 0) is 11.3 Å². The minimum Gasteiger partial charge on any atom is -0.481 e. The largest absolute Gasteiger partial charge is 0.481 e. The second kappa shape index (κ2) is 9.65. The van der Waals surface area contributed by atoms with E-state index in [1.807, 2.05) is 18.0 Å². The molecule has 1 saturated heterocycles. The molecule has 0 aromatic carbocycles. The number of methoxy groups -OCH3 is 1. The molecule has 1 aliphatic rings. The van der Waals surface area contributed by atoms with Crippen LogP contribution in [0.3, 0.4) is 0 Å². The number of hydrogen-bond donors (Lipinski definition) is 0. The molecule has 0 spiro atoms. The van der Waals surface area contributed by atoms with Crippen LogP contribution in [0.2, 0.25) is 0 Å². The summed E-state index contributed by atoms with van der Waals surface area (Å²) in [6, 6.07) is 5.81. The number of carbonyl (C=O) groups excluding carboxylic acids is 1. The number of pyridine rings is 1. The van der Waals surface area contributed by atoms with Crippen molar-refractivity contribution in [2.24, 2.45) is 0 Å². The summed E-state index contributed by atoms with van der Waals surface area (Å²) in [7, 11) is 3.51. The van der Waals surface area contributed by atoms with Gasteiger partial charge in [0.1, 0.15) is 0 Å². The normalized spacial score (nSPS) is 13.8. The third kappa shape index (κ3) is 4.52. The van der Waals surface area contributed by atoms with Gasteiger partial charge in [0, 0.05) is 55.2 Å². The summed E-state index contributed by atoms with van der Waals surface area (Å²) in [4.78, 5) is 38.8. The summed E-state index contributed by atoms with van der Waals surface area (Å²) in [5.74, 6) is 2.62. The van der Waals surface area contributed by atoms with Gasteiger partial charge in [-0.15, -0.1) is 11.3 Å². The molecule has 0 bridgehead atoms. The molecule has 174 valence electrons. The average molecular weight is 478 g/mol. The molecule has 0 saturated carbocycles. The number of fused-ring (bicyclic) bond motifs is 1. The molecule has 5 rings (SSSR count). The van der Waals surface area contributed by atoms with Gasteiger partial charge in [0.05, 0.1) is 42.6 Å². The number of anilines is 2. The Balaban J connectivity index is 1.51. The number of rotatable bonds is 7. The molecule has 10 nitrogen and oxygen atoms in total. The van der Waals surface area contributed by atoms with E-state index in [9.17, 15) is 4.79 Å². The summed E-state index contributed by atoms with van der Waals surface area (Å²) < 4.78 is 11.8. The van der Waals surface area contributed by atoms with Gasteiger partial charge in [0.25, 0.3) is 0 Å². The van der Waals surface area contributed by atoms with Crippen molar-refractivity contribution >= 4 is 39.6 Å². The Morgan fingerprint density at radius 1 is 1.15 bits per heavy atom. The molecular weight excluding hydrogens is 454 g/mol. The Bertz CT molecular complexity index is 1290. The van der Waals surface area contributed by atoms with E-state index in [0.717, 1.165) is 45.9 Å². The van der Waals surface area contributed by atoms with Crippen LogP contribution in [0, 0.1) is 0 Å². The third-order valence-electron chi connectivity index (χ3n) is 5.45. The Morgan fingerprint density at radius 3 is 2.62 bits per heavy atom. The molecule has 1 aliphatic heterocycles. The van der Waals surface area contributed by atoms with Gasteiger partial charge < -0.3 is 19.3 Å².